The minimum absolute atomic E-state index is 0.0626. The highest BCUT2D eigenvalue weighted by Crippen LogP contribution is 2.18. The molecule has 0 radical (unpaired) electrons. The predicted molar refractivity (Wildman–Crippen MR) is 289 cm³/mol. The second-order valence-electron chi connectivity index (χ2n) is 21.9. The van der Waals surface area contributed by atoms with E-state index in [1.807, 2.05) is 0 Å². The summed E-state index contributed by atoms with van der Waals surface area (Å²) in [5.41, 5.74) is 0. The quantitative estimate of drug-likeness (QED) is 0.0343. The third-order valence-electron chi connectivity index (χ3n) is 14.0. The number of carbonyl (C=O) groups is 3. The first-order chi connectivity index (χ1) is 32.7. The Bertz CT molecular complexity index is 1020. The fourth-order valence-corrected chi connectivity index (χ4v) is 9.40. The van der Waals surface area contributed by atoms with E-state index < -0.39 is 6.10 Å². The molecule has 0 heterocycles. The maximum atomic E-state index is 12.8. The highest BCUT2D eigenvalue weighted by atomic mass is 16.6. The second kappa shape index (κ2) is 53.8. The Kier molecular flexibility index (Phi) is 52.5. The molecule has 67 heavy (non-hydrogen) atoms. The molecule has 0 rings (SSSR count). The average Bonchev–Trinajstić information content (AvgIpc) is 3.30. The van der Waals surface area contributed by atoms with Crippen LogP contribution in [0, 0.1) is 11.8 Å². The molecule has 0 saturated heterocycles. The normalized spacial score (nSPS) is 12.0. The Morgan fingerprint density at radius 3 is 0.731 bits per heavy atom. The summed E-state index contributed by atoms with van der Waals surface area (Å²) in [5, 5.41) is 0. The van der Waals surface area contributed by atoms with Crippen LogP contribution in [0.4, 0.5) is 0 Å². The van der Waals surface area contributed by atoms with Crippen molar-refractivity contribution in [3.63, 3.8) is 0 Å². The molecule has 0 unspecified atom stereocenters. The van der Waals surface area contributed by atoms with Crippen molar-refractivity contribution in [3.8, 4) is 0 Å². The lowest BCUT2D eigenvalue weighted by atomic mass is 10.0. The summed E-state index contributed by atoms with van der Waals surface area (Å²) < 4.78 is 16.9. The van der Waals surface area contributed by atoms with Gasteiger partial charge in [-0.2, -0.15) is 0 Å². The molecule has 0 N–H and O–H groups in total. The highest BCUT2D eigenvalue weighted by Gasteiger charge is 2.19. The summed E-state index contributed by atoms with van der Waals surface area (Å²) in [5.74, 6) is 0.823. The lowest BCUT2D eigenvalue weighted by molar-refractivity contribution is -0.167. The van der Waals surface area contributed by atoms with Gasteiger partial charge >= 0.3 is 17.9 Å². The van der Waals surface area contributed by atoms with Gasteiger partial charge in [-0.1, -0.05) is 304 Å². The van der Waals surface area contributed by atoms with Gasteiger partial charge in [0, 0.05) is 19.3 Å². The summed E-state index contributed by atoms with van der Waals surface area (Å²) in [6, 6.07) is 0. The van der Waals surface area contributed by atoms with Gasteiger partial charge in [-0.3, -0.25) is 14.4 Å². The first-order valence-electron chi connectivity index (χ1n) is 30.2. The number of hydrogen-bond acceptors (Lipinski definition) is 6. The van der Waals surface area contributed by atoms with Crippen molar-refractivity contribution in [2.24, 2.45) is 11.8 Å². The van der Waals surface area contributed by atoms with Crippen molar-refractivity contribution in [1.82, 2.24) is 0 Å². The summed E-state index contributed by atoms with van der Waals surface area (Å²) in [6.07, 6.45) is 58.2. The molecule has 0 bridgehead atoms. The summed E-state index contributed by atoms with van der Waals surface area (Å²) in [7, 11) is 0. The van der Waals surface area contributed by atoms with E-state index in [2.05, 4.69) is 34.6 Å². The van der Waals surface area contributed by atoms with E-state index in [0.717, 1.165) is 69.6 Å². The fraction of sp³-hybridized carbons (Fsp3) is 0.951. The molecule has 0 aromatic rings. The minimum atomic E-state index is -0.763. The maximum Gasteiger partial charge on any atom is 0.306 e. The van der Waals surface area contributed by atoms with Crippen LogP contribution in [0.3, 0.4) is 0 Å². The fourth-order valence-electron chi connectivity index (χ4n) is 9.40. The van der Waals surface area contributed by atoms with Crippen molar-refractivity contribution in [1.29, 1.82) is 0 Å². The van der Waals surface area contributed by atoms with Gasteiger partial charge in [0.25, 0.3) is 0 Å². The minimum Gasteiger partial charge on any atom is -0.462 e. The summed E-state index contributed by atoms with van der Waals surface area (Å²) >= 11 is 0. The van der Waals surface area contributed by atoms with Crippen molar-refractivity contribution < 1.29 is 28.6 Å². The van der Waals surface area contributed by atoms with E-state index >= 15 is 0 Å². The van der Waals surface area contributed by atoms with Gasteiger partial charge < -0.3 is 14.2 Å². The second-order valence-corrected chi connectivity index (χ2v) is 21.9. The van der Waals surface area contributed by atoms with Crippen molar-refractivity contribution >= 4 is 17.9 Å². The molecule has 0 aromatic heterocycles. The van der Waals surface area contributed by atoms with Gasteiger partial charge in [0.15, 0.2) is 6.10 Å². The number of unbranched alkanes of at least 4 members (excludes halogenated alkanes) is 40. The Morgan fingerprint density at radius 1 is 0.284 bits per heavy atom. The monoisotopic (exact) mass is 947 g/mol. The predicted octanol–water partition coefficient (Wildman–Crippen LogP) is 20.0. The molecule has 0 spiro atoms. The van der Waals surface area contributed by atoms with Gasteiger partial charge in [-0.25, -0.2) is 0 Å². The third kappa shape index (κ3) is 55.2. The third-order valence-corrected chi connectivity index (χ3v) is 14.0. The van der Waals surface area contributed by atoms with Crippen LogP contribution in [0.5, 0.6) is 0 Å². The average molecular weight is 948 g/mol. The zero-order chi connectivity index (χ0) is 48.9. The molecule has 6 heteroatoms. The van der Waals surface area contributed by atoms with Gasteiger partial charge in [-0.05, 0) is 31.1 Å². The van der Waals surface area contributed by atoms with Gasteiger partial charge in [0.2, 0.25) is 0 Å². The summed E-state index contributed by atoms with van der Waals surface area (Å²) in [6.45, 7) is 11.4. The molecule has 0 amide bonds. The van der Waals surface area contributed by atoms with Crippen LogP contribution in [0.1, 0.15) is 343 Å². The Balaban J connectivity index is 4.26. The zero-order valence-electron chi connectivity index (χ0n) is 46.0. The van der Waals surface area contributed by atoms with E-state index in [-0.39, 0.29) is 31.1 Å². The molecule has 0 aromatic carbocycles. The van der Waals surface area contributed by atoms with Gasteiger partial charge in [-0.15, -0.1) is 0 Å². The van der Waals surface area contributed by atoms with Crippen LogP contribution in [0.25, 0.3) is 0 Å². The SMILES string of the molecule is CCCCCCCCCCCCCCCCCCCCCC(=O)OC[C@@H](COC(=O)CCCCCCCCCCCCCCCCC(C)C)OC(=O)CCCCCCCCCCCCC(C)C. The Hall–Kier alpha value is -1.59. The number of ether oxygens (including phenoxy) is 3. The van der Waals surface area contributed by atoms with Gasteiger partial charge in [0.1, 0.15) is 13.2 Å². The van der Waals surface area contributed by atoms with E-state index in [1.54, 1.807) is 0 Å². The summed E-state index contributed by atoms with van der Waals surface area (Å²) in [4.78, 5) is 38.2. The lowest BCUT2D eigenvalue weighted by Crippen LogP contribution is -2.30. The van der Waals surface area contributed by atoms with Crippen LogP contribution < -0.4 is 0 Å². The number of rotatable bonds is 55. The smallest absolute Gasteiger partial charge is 0.306 e. The molecule has 6 nitrogen and oxygen atoms in total. The van der Waals surface area contributed by atoms with Gasteiger partial charge in [0.05, 0.1) is 0 Å². The maximum absolute atomic E-state index is 12.8. The van der Waals surface area contributed by atoms with E-state index in [9.17, 15) is 14.4 Å². The van der Waals surface area contributed by atoms with Crippen LogP contribution in [-0.4, -0.2) is 37.2 Å². The molecular weight excluding hydrogens is 829 g/mol. The molecular formula is C61H118O6. The zero-order valence-corrected chi connectivity index (χ0v) is 46.0. The molecule has 0 saturated carbocycles. The van der Waals surface area contributed by atoms with E-state index in [4.69, 9.17) is 14.2 Å². The molecule has 0 aliphatic rings. The highest BCUT2D eigenvalue weighted by molar-refractivity contribution is 5.71. The van der Waals surface area contributed by atoms with Crippen molar-refractivity contribution in [3.05, 3.63) is 0 Å². The standard InChI is InChI=1S/C61H118O6/c1-6-7-8-9-10-11-12-13-14-15-16-17-18-22-25-31-36-41-46-51-59(62)65-54-58(67-61(64)53-48-43-38-33-28-27-30-35-40-45-50-57(4)5)55-66-60(63)52-47-42-37-32-26-23-20-19-21-24-29-34-39-44-49-56(2)3/h56-58H,6-55H2,1-5H3/t58-/m0/s1. The van der Waals surface area contributed by atoms with Crippen LogP contribution in [0.2, 0.25) is 0 Å². The van der Waals surface area contributed by atoms with Crippen molar-refractivity contribution in [2.75, 3.05) is 13.2 Å². The van der Waals surface area contributed by atoms with Crippen LogP contribution >= 0.6 is 0 Å². The lowest BCUT2D eigenvalue weighted by Gasteiger charge is -2.18. The molecule has 1 atom stereocenters. The topological polar surface area (TPSA) is 78.9 Å². The van der Waals surface area contributed by atoms with E-state index in [0.29, 0.717) is 19.3 Å². The first kappa shape index (κ1) is 65.4. The number of hydrogen-bond donors (Lipinski definition) is 0. The number of esters is 3. The Labute approximate surface area is 418 Å². The molecule has 398 valence electrons. The van der Waals surface area contributed by atoms with E-state index in [1.165, 1.54) is 231 Å². The first-order valence-corrected chi connectivity index (χ1v) is 30.2. The molecule has 0 aliphatic heterocycles. The number of carbonyl (C=O) groups excluding carboxylic acids is 3. The van der Waals surface area contributed by atoms with Crippen LogP contribution in [-0.2, 0) is 28.6 Å². The van der Waals surface area contributed by atoms with Crippen molar-refractivity contribution in [2.45, 2.75) is 349 Å². The van der Waals surface area contributed by atoms with Crippen LogP contribution in [0.15, 0.2) is 0 Å². The largest absolute Gasteiger partial charge is 0.462 e. The molecule has 0 aliphatic carbocycles. The Morgan fingerprint density at radius 2 is 0.493 bits per heavy atom. The molecule has 0 fully saturated rings.